The Morgan fingerprint density at radius 1 is 0.971 bits per heavy atom. The molecule has 0 aliphatic carbocycles. The normalized spacial score (nSPS) is 11.3. The van der Waals surface area contributed by atoms with Gasteiger partial charge in [-0.1, -0.05) is 53.7 Å². The molecular formula is C27H27N3O4S. The van der Waals surface area contributed by atoms with E-state index in [9.17, 15) is 13.2 Å². The van der Waals surface area contributed by atoms with Crippen molar-refractivity contribution >= 4 is 21.6 Å². The molecule has 8 heteroatoms. The zero-order chi connectivity index (χ0) is 24.8. The van der Waals surface area contributed by atoms with Crippen LogP contribution in [-0.2, 0) is 16.4 Å². The number of aromatic nitrogens is 1. The fraction of sp³-hybridized carbons (Fsp3) is 0.185. The lowest BCUT2D eigenvalue weighted by molar-refractivity contribution is 0.0792. The maximum Gasteiger partial charge on any atom is 0.261 e. The van der Waals surface area contributed by atoms with Crippen LogP contribution in [0.4, 0.5) is 5.69 Å². The number of amides is 1. The average Bonchev–Trinajstić information content (AvgIpc) is 3.33. The number of sulfonamides is 1. The minimum atomic E-state index is -3.83. The van der Waals surface area contributed by atoms with Crippen LogP contribution >= 0.6 is 0 Å². The van der Waals surface area contributed by atoms with Gasteiger partial charge in [0.05, 0.1) is 4.90 Å². The van der Waals surface area contributed by atoms with E-state index in [0.717, 1.165) is 22.6 Å². The molecule has 7 nitrogen and oxygen atoms in total. The molecule has 0 aliphatic heterocycles. The highest BCUT2D eigenvalue weighted by molar-refractivity contribution is 7.92. The highest BCUT2D eigenvalue weighted by atomic mass is 32.2. The Labute approximate surface area is 205 Å². The number of carbonyl (C=O) groups excluding carboxylic acids is 1. The van der Waals surface area contributed by atoms with E-state index in [1.807, 2.05) is 49.4 Å². The van der Waals surface area contributed by atoms with E-state index < -0.39 is 10.0 Å². The van der Waals surface area contributed by atoms with Gasteiger partial charge in [-0.25, -0.2) is 8.42 Å². The molecule has 1 aromatic heterocycles. The molecule has 1 amide bonds. The van der Waals surface area contributed by atoms with Gasteiger partial charge in [0, 0.05) is 42.9 Å². The van der Waals surface area contributed by atoms with E-state index in [-0.39, 0.29) is 10.8 Å². The predicted octanol–water partition coefficient (Wildman–Crippen LogP) is 5.16. The number of rotatable bonds is 9. The summed E-state index contributed by atoms with van der Waals surface area (Å²) in [5.74, 6) is 0.500. The summed E-state index contributed by atoms with van der Waals surface area (Å²) in [6.45, 7) is 2.37. The third kappa shape index (κ3) is 6.16. The molecule has 0 saturated heterocycles. The molecule has 0 radical (unpaired) electrons. The van der Waals surface area contributed by atoms with Gasteiger partial charge in [-0.15, -0.1) is 0 Å². The van der Waals surface area contributed by atoms with Crippen molar-refractivity contribution < 1.29 is 17.7 Å². The van der Waals surface area contributed by atoms with Gasteiger partial charge in [-0.05, 0) is 49.2 Å². The number of carbonyl (C=O) groups is 1. The van der Waals surface area contributed by atoms with E-state index >= 15 is 0 Å². The first-order valence-corrected chi connectivity index (χ1v) is 12.8. The summed E-state index contributed by atoms with van der Waals surface area (Å²) in [4.78, 5) is 14.5. The lowest BCUT2D eigenvalue weighted by Gasteiger charge is -2.17. The van der Waals surface area contributed by atoms with Crippen LogP contribution in [0.1, 0.15) is 28.1 Å². The summed E-state index contributed by atoms with van der Waals surface area (Å²) in [5.41, 5.74) is 3.49. The molecule has 4 aromatic rings. The summed E-state index contributed by atoms with van der Waals surface area (Å²) < 4.78 is 33.7. The third-order valence-corrected chi connectivity index (χ3v) is 6.93. The molecule has 0 saturated carbocycles. The molecular weight excluding hydrogens is 462 g/mol. The van der Waals surface area contributed by atoms with Gasteiger partial charge >= 0.3 is 0 Å². The summed E-state index contributed by atoms with van der Waals surface area (Å²) in [7, 11) is -2.13. The second-order valence-electron chi connectivity index (χ2n) is 8.38. The molecule has 0 fully saturated rings. The topological polar surface area (TPSA) is 92.5 Å². The summed E-state index contributed by atoms with van der Waals surface area (Å²) >= 11 is 0. The standard InChI is InChI=1S/C27H27N3O4S/c1-20-9-6-13-23(17-20)29-35(32,33)25-15-7-12-22(18-25)27(31)30(2)16-8-14-24-19-26(28-34-24)21-10-4-3-5-11-21/h3-7,9-13,15,17-19,29H,8,14,16H2,1-2H3. The first-order valence-electron chi connectivity index (χ1n) is 11.3. The van der Waals surface area contributed by atoms with Crippen molar-refractivity contribution in [2.45, 2.75) is 24.7 Å². The smallest absolute Gasteiger partial charge is 0.261 e. The van der Waals surface area contributed by atoms with Crippen molar-refractivity contribution in [1.29, 1.82) is 0 Å². The van der Waals surface area contributed by atoms with Crippen LogP contribution in [-0.4, -0.2) is 38.0 Å². The first kappa shape index (κ1) is 24.2. The highest BCUT2D eigenvalue weighted by Gasteiger charge is 2.18. The Balaban J connectivity index is 1.36. The lowest BCUT2D eigenvalue weighted by atomic mass is 10.1. The van der Waals surface area contributed by atoms with Crippen molar-refractivity contribution in [3.8, 4) is 11.3 Å². The number of hydrogen-bond acceptors (Lipinski definition) is 5. The van der Waals surface area contributed by atoms with Crippen molar-refractivity contribution in [3.05, 3.63) is 102 Å². The largest absolute Gasteiger partial charge is 0.361 e. The van der Waals surface area contributed by atoms with Crippen LogP contribution in [0.3, 0.4) is 0 Å². The summed E-state index contributed by atoms with van der Waals surface area (Å²) in [6.07, 6.45) is 1.31. The van der Waals surface area contributed by atoms with Crippen LogP contribution in [0.25, 0.3) is 11.3 Å². The molecule has 35 heavy (non-hydrogen) atoms. The molecule has 180 valence electrons. The lowest BCUT2D eigenvalue weighted by Crippen LogP contribution is -2.28. The molecule has 4 rings (SSSR count). The quantitative estimate of drug-likeness (QED) is 0.351. The van der Waals surface area contributed by atoms with Gasteiger partial charge < -0.3 is 9.42 Å². The van der Waals surface area contributed by atoms with Gasteiger partial charge in [-0.2, -0.15) is 0 Å². The fourth-order valence-electron chi connectivity index (χ4n) is 3.71. The van der Waals surface area contributed by atoms with E-state index in [2.05, 4.69) is 9.88 Å². The molecule has 0 spiro atoms. The van der Waals surface area contributed by atoms with E-state index in [1.54, 1.807) is 42.3 Å². The van der Waals surface area contributed by atoms with Gasteiger partial charge in [0.15, 0.2) is 0 Å². The zero-order valence-corrected chi connectivity index (χ0v) is 20.5. The van der Waals surface area contributed by atoms with Crippen LogP contribution in [0.15, 0.2) is 94.3 Å². The number of nitrogens with zero attached hydrogens (tertiary/aromatic N) is 2. The number of nitrogens with one attached hydrogen (secondary N) is 1. The van der Waals surface area contributed by atoms with Gasteiger partial charge in [-0.3, -0.25) is 9.52 Å². The van der Waals surface area contributed by atoms with Gasteiger partial charge in [0.25, 0.3) is 15.9 Å². The fourth-order valence-corrected chi connectivity index (χ4v) is 4.80. The molecule has 0 bridgehead atoms. The zero-order valence-electron chi connectivity index (χ0n) is 19.6. The van der Waals surface area contributed by atoms with Gasteiger partial charge in [0.2, 0.25) is 0 Å². The van der Waals surface area contributed by atoms with Gasteiger partial charge in [0.1, 0.15) is 11.5 Å². The van der Waals surface area contributed by atoms with Crippen molar-refractivity contribution in [2.24, 2.45) is 0 Å². The second kappa shape index (κ2) is 10.6. The van der Waals surface area contributed by atoms with E-state index in [1.165, 1.54) is 12.1 Å². The summed E-state index contributed by atoms with van der Waals surface area (Å²) in [6, 6.07) is 24.9. The van der Waals surface area contributed by atoms with Crippen LogP contribution in [0, 0.1) is 6.92 Å². The van der Waals surface area contributed by atoms with Crippen molar-refractivity contribution in [3.63, 3.8) is 0 Å². The highest BCUT2D eigenvalue weighted by Crippen LogP contribution is 2.20. The van der Waals surface area contributed by atoms with E-state index in [4.69, 9.17) is 4.52 Å². The molecule has 0 aliphatic rings. The minimum absolute atomic E-state index is 0.0355. The first-order chi connectivity index (χ1) is 16.8. The number of aryl methyl sites for hydroxylation is 2. The summed E-state index contributed by atoms with van der Waals surface area (Å²) in [5, 5.41) is 4.12. The third-order valence-electron chi connectivity index (χ3n) is 5.55. The molecule has 1 heterocycles. The van der Waals surface area contributed by atoms with Crippen LogP contribution < -0.4 is 4.72 Å². The van der Waals surface area contributed by atoms with Crippen LogP contribution in [0.2, 0.25) is 0 Å². The Bertz CT molecular complexity index is 1420. The number of hydrogen-bond donors (Lipinski definition) is 1. The second-order valence-corrected chi connectivity index (χ2v) is 10.1. The Morgan fingerprint density at radius 2 is 1.74 bits per heavy atom. The number of benzene rings is 3. The Morgan fingerprint density at radius 3 is 2.51 bits per heavy atom. The Hall–Kier alpha value is -3.91. The van der Waals surface area contributed by atoms with Crippen LogP contribution in [0.5, 0.6) is 0 Å². The number of anilines is 1. The monoisotopic (exact) mass is 489 g/mol. The minimum Gasteiger partial charge on any atom is -0.361 e. The maximum absolute atomic E-state index is 12.9. The van der Waals surface area contributed by atoms with E-state index in [0.29, 0.717) is 30.6 Å². The molecule has 0 atom stereocenters. The Kier molecular flexibility index (Phi) is 7.31. The predicted molar refractivity (Wildman–Crippen MR) is 136 cm³/mol. The maximum atomic E-state index is 12.9. The van der Waals surface area contributed by atoms with Crippen molar-refractivity contribution in [1.82, 2.24) is 10.1 Å². The molecule has 1 N–H and O–H groups in total. The molecule has 3 aromatic carbocycles. The van der Waals surface area contributed by atoms with Crippen molar-refractivity contribution in [2.75, 3.05) is 18.3 Å². The molecule has 0 unspecified atom stereocenters. The average molecular weight is 490 g/mol. The SMILES string of the molecule is Cc1cccc(NS(=O)(=O)c2cccc(C(=O)N(C)CCCc3cc(-c4ccccc4)no3)c2)c1.